The lowest BCUT2D eigenvalue weighted by Crippen LogP contribution is -2.53. The molecule has 5 nitrogen and oxygen atoms in total. The normalized spacial score (nSPS) is 14.7. The number of rotatable bonds is 11. The van der Waals surface area contributed by atoms with Gasteiger partial charge in [0.1, 0.15) is 17.3 Å². The molecule has 0 radical (unpaired) electrons. The Labute approximate surface area is 262 Å². The topological polar surface area (TPSA) is 64.6 Å². The van der Waals surface area contributed by atoms with E-state index in [0.717, 1.165) is 18.2 Å². The molecule has 45 heavy (non-hydrogen) atoms. The fraction of sp³-hybridized carbons (Fsp3) is 0.438. The molecular formula is C32H39F6NO4SSi. The molecule has 248 valence electrons. The SMILES string of the molecule is CC(C)(C)[Si](C)(C)Oc1ccc([C@@](Cc2ccccc2)(NS(=O)(=O)C(C)(C)C)c2cc(F)cc(OC(F)(F)C(F)F)c2)cc1F. The van der Waals surface area contributed by atoms with Crippen molar-refractivity contribution < 1.29 is 43.9 Å². The number of alkyl halides is 4. The number of benzene rings is 3. The van der Waals surface area contributed by atoms with Crippen LogP contribution in [0.4, 0.5) is 26.3 Å². The van der Waals surface area contributed by atoms with Gasteiger partial charge in [-0.05, 0) is 86.3 Å². The van der Waals surface area contributed by atoms with E-state index < -0.39 is 58.5 Å². The van der Waals surface area contributed by atoms with E-state index in [9.17, 15) is 26.0 Å². The second-order valence-corrected chi connectivity index (χ2v) is 20.6. The maximum absolute atomic E-state index is 15.9. The second kappa shape index (κ2) is 12.6. The standard InChI is InChI=1S/C32H39F6NO4SSi/c1-29(2,3)44(40,41)39-31(20-21-12-10-9-11-13-21,23-16-24(33)19-25(17-23)42-32(37,38)28(35)36)22-14-15-27(26(34)18-22)43-45(7,8)30(4,5)6/h9-19,28,39H,20H2,1-8H3/t31-/m1/s1. The Kier molecular flexibility index (Phi) is 10.2. The third-order valence-corrected chi connectivity index (χ3v) is 14.5. The third-order valence-electron chi connectivity index (χ3n) is 7.89. The molecular weight excluding hydrogens is 636 g/mol. The number of ether oxygens (including phenoxy) is 1. The van der Waals surface area contributed by atoms with E-state index in [2.05, 4.69) is 9.46 Å². The van der Waals surface area contributed by atoms with E-state index >= 15 is 8.78 Å². The summed E-state index contributed by atoms with van der Waals surface area (Å²) in [6.45, 7) is 14.0. The first-order valence-electron chi connectivity index (χ1n) is 14.1. The van der Waals surface area contributed by atoms with Crippen LogP contribution in [0.25, 0.3) is 0 Å². The van der Waals surface area contributed by atoms with Crippen LogP contribution < -0.4 is 13.9 Å². The quantitative estimate of drug-likeness (QED) is 0.163. The largest absolute Gasteiger partial charge is 0.542 e. The Bertz CT molecular complexity index is 1610. The number of hydrogen-bond donors (Lipinski definition) is 1. The van der Waals surface area contributed by atoms with Crippen molar-refractivity contribution in [2.24, 2.45) is 0 Å². The van der Waals surface area contributed by atoms with E-state index in [1.165, 1.54) is 32.9 Å². The van der Waals surface area contributed by atoms with Crippen molar-refractivity contribution in [2.45, 2.75) is 88.9 Å². The van der Waals surface area contributed by atoms with Gasteiger partial charge in [0, 0.05) is 6.07 Å². The lowest BCUT2D eigenvalue weighted by atomic mass is 9.78. The summed E-state index contributed by atoms with van der Waals surface area (Å²) in [5.41, 5.74) is -1.88. The van der Waals surface area contributed by atoms with Crippen molar-refractivity contribution in [2.75, 3.05) is 0 Å². The van der Waals surface area contributed by atoms with Crippen molar-refractivity contribution in [3.8, 4) is 11.5 Å². The molecule has 13 heteroatoms. The van der Waals surface area contributed by atoms with Crippen LogP contribution in [-0.2, 0) is 22.0 Å². The molecule has 3 rings (SSSR count). The maximum Gasteiger partial charge on any atom is 0.461 e. The highest BCUT2D eigenvalue weighted by Crippen LogP contribution is 2.42. The minimum absolute atomic E-state index is 0.0311. The number of halogens is 6. The smallest absolute Gasteiger partial charge is 0.461 e. The summed E-state index contributed by atoms with van der Waals surface area (Å²) in [5.74, 6) is -3.10. The molecule has 0 aliphatic rings. The first-order valence-corrected chi connectivity index (χ1v) is 18.5. The van der Waals surface area contributed by atoms with E-state index in [4.69, 9.17) is 4.43 Å². The van der Waals surface area contributed by atoms with Gasteiger partial charge in [-0.2, -0.15) is 22.3 Å². The molecule has 3 aromatic rings. The van der Waals surface area contributed by atoms with Gasteiger partial charge in [-0.25, -0.2) is 17.2 Å². The molecule has 1 N–H and O–H groups in total. The van der Waals surface area contributed by atoms with Gasteiger partial charge in [0.25, 0.3) is 8.32 Å². The van der Waals surface area contributed by atoms with Gasteiger partial charge < -0.3 is 9.16 Å². The summed E-state index contributed by atoms with van der Waals surface area (Å²) in [7, 11) is -6.87. The molecule has 0 aliphatic heterocycles. The van der Waals surface area contributed by atoms with E-state index in [-0.39, 0.29) is 28.3 Å². The summed E-state index contributed by atoms with van der Waals surface area (Å²) in [6.07, 6.45) is -9.48. The van der Waals surface area contributed by atoms with Gasteiger partial charge >= 0.3 is 12.5 Å². The molecule has 0 aliphatic carbocycles. The van der Waals surface area contributed by atoms with Gasteiger partial charge in [0.15, 0.2) is 5.82 Å². The fourth-order valence-electron chi connectivity index (χ4n) is 4.16. The van der Waals surface area contributed by atoms with Crippen LogP contribution in [0.5, 0.6) is 11.5 Å². The highest BCUT2D eigenvalue weighted by Gasteiger charge is 2.46. The van der Waals surface area contributed by atoms with Crippen molar-refractivity contribution in [3.63, 3.8) is 0 Å². The molecule has 1 atom stereocenters. The van der Waals surface area contributed by atoms with Crippen LogP contribution in [-0.4, -0.2) is 34.0 Å². The molecule has 0 spiro atoms. The maximum atomic E-state index is 15.9. The van der Waals surface area contributed by atoms with E-state index in [0.29, 0.717) is 11.6 Å². The first-order chi connectivity index (χ1) is 20.4. The van der Waals surface area contributed by atoms with E-state index in [1.807, 2.05) is 33.9 Å². The Morgan fingerprint density at radius 1 is 0.844 bits per heavy atom. The van der Waals surface area contributed by atoms with Crippen molar-refractivity contribution >= 4 is 18.3 Å². The number of sulfonamides is 1. The molecule has 0 aromatic heterocycles. The highest BCUT2D eigenvalue weighted by molar-refractivity contribution is 7.90. The zero-order valence-electron chi connectivity index (χ0n) is 26.4. The average molecular weight is 676 g/mol. The Morgan fingerprint density at radius 3 is 1.96 bits per heavy atom. The molecule has 3 aromatic carbocycles. The van der Waals surface area contributed by atoms with Gasteiger partial charge in [-0.15, -0.1) is 0 Å². The second-order valence-electron chi connectivity index (χ2n) is 13.4. The molecule has 0 heterocycles. The molecule has 0 unspecified atom stereocenters. The summed E-state index contributed by atoms with van der Waals surface area (Å²) < 4.78 is 124. The van der Waals surface area contributed by atoms with Crippen LogP contribution in [0, 0.1) is 11.6 Å². The van der Waals surface area contributed by atoms with Crippen molar-refractivity contribution in [1.29, 1.82) is 0 Å². The zero-order valence-corrected chi connectivity index (χ0v) is 28.3. The monoisotopic (exact) mass is 675 g/mol. The first kappa shape index (κ1) is 36.4. The number of nitrogens with one attached hydrogen (secondary N) is 1. The Balaban J connectivity index is 2.38. The predicted octanol–water partition coefficient (Wildman–Crippen LogP) is 8.79. The van der Waals surface area contributed by atoms with Gasteiger partial charge in [0.2, 0.25) is 10.0 Å². The minimum Gasteiger partial charge on any atom is -0.542 e. The van der Waals surface area contributed by atoms with E-state index in [1.54, 1.807) is 30.3 Å². The molecule has 0 bridgehead atoms. The number of hydrogen-bond acceptors (Lipinski definition) is 4. The van der Waals surface area contributed by atoms with Crippen LogP contribution in [0.15, 0.2) is 66.7 Å². The highest BCUT2D eigenvalue weighted by atomic mass is 32.2. The van der Waals surface area contributed by atoms with Gasteiger partial charge in [-0.1, -0.05) is 57.2 Å². The third kappa shape index (κ3) is 8.22. The lowest BCUT2D eigenvalue weighted by molar-refractivity contribution is -0.253. The average Bonchev–Trinajstić information content (AvgIpc) is 2.87. The summed E-state index contributed by atoms with van der Waals surface area (Å²) in [5, 5.41) is -0.282. The summed E-state index contributed by atoms with van der Waals surface area (Å²) in [4.78, 5) is 0. The molecule has 0 saturated heterocycles. The summed E-state index contributed by atoms with van der Waals surface area (Å²) >= 11 is 0. The molecule has 0 saturated carbocycles. The Hall–Kier alpha value is -3.03. The Morgan fingerprint density at radius 2 is 1.44 bits per heavy atom. The minimum atomic E-state index is -4.98. The van der Waals surface area contributed by atoms with Gasteiger partial charge in [0.05, 0.1) is 10.3 Å². The van der Waals surface area contributed by atoms with Crippen molar-refractivity contribution in [1.82, 2.24) is 4.72 Å². The van der Waals surface area contributed by atoms with Crippen LogP contribution >= 0.6 is 0 Å². The van der Waals surface area contributed by atoms with Crippen LogP contribution in [0.2, 0.25) is 18.1 Å². The van der Waals surface area contributed by atoms with Gasteiger partial charge in [-0.3, -0.25) is 0 Å². The molecule has 0 amide bonds. The van der Waals surface area contributed by atoms with Crippen LogP contribution in [0.3, 0.4) is 0 Å². The zero-order chi connectivity index (χ0) is 34.2. The molecule has 0 fully saturated rings. The summed E-state index contributed by atoms with van der Waals surface area (Å²) in [6, 6.07) is 14.3. The van der Waals surface area contributed by atoms with Crippen LogP contribution in [0.1, 0.15) is 58.2 Å². The van der Waals surface area contributed by atoms with Crippen molar-refractivity contribution in [3.05, 3.63) is 95.1 Å². The lowest BCUT2D eigenvalue weighted by Gasteiger charge is -2.39. The predicted molar refractivity (Wildman–Crippen MR) is 165 cm³/mol. The fourth-order valence-corrected chi connectivity index (χ4v) is 6.25.